The summed E-state index contributed by atoms with van der Waals surface area (Å²) in [5, 5.41) is 0. The SMILES string of the molecule is CCCCCCCCCCCN1CCC(OC)CC1. The summed E-state index contributed by atoms with van der Waals surface area (Å²) in [6.07, 6.45) is 15.9. The van der Waals surface area contributed by atoms with Crippen molar-refractivity contribution in [1.29, 1.82) is 0 Å². The van der Waals surface area contributed by atoms with Gasteiger partial charge in [0, 0.05) is 20.2 Å². The van der Waals surface area contributed by atoms with Crippen molar-refractivity contribution in [3.8, 4) is 0 Å². The maximum absolute atomic E-state index is 5.41. The topological polar surface area (TPSA) is 12.5 Å². The molecule has 0 aromatic heterocycles. The molecule has 1 heterocycles. The van der Waals surface area contributed by atoms with Crippen LogP contribution in [0.3, 0.4) is 0 Å². The van der Waals surface area contributed by atoms with Crippen LogP contribution in [-0.2, 0) is 4.74 Å². The number of likely N-dealkylation sites (tertiary alicyclic amines) is 1. The van der Waals surface area contributed by atoms with Gasteiger partial charge in [0.05, 0.1) is 6.10 Å². The molecule has 0 saturated carbocycles. The second-order valence-corrected chi connectivity index (χ2v) is 6.11. The molecule has 0 radical (unpaired) electrons. The van der Waals surface area contributed by atoms with Gasteiger partial charge >= 0.3 is 0 Å². The molecule has 2 nitrogen and oxygen atoms in total. The summed E-state index contributed by atoms with van der Waals surface area (Å²) in [6.45, 7) is 6.09. The van der Waals surface area contributed by atoms with Crippen molar-refractivity contribution in [1.82, 2.24) is 4.90 Å². The fourth-order valence-electron chi connectivity index (χ4n) is 3.01. The zero-order valence-corrected chi connectivity index (χ0v) is 13.3. The minimum atomic E-state index is 0.527. The second-order valence-electron chi connectivity index (χ2n) is 6.11. The minimum absolute atomic E-state index is 0.527. The number of nitrogens with zero attached hydrogens (tertiary/aromatic N) is 1. The Morgan fingerprint density at radius 3 is 1.89 bits per heavy atom. The number of methoxy groups -OCH3 is 1. The lowest BCUT2D eigenvalue weighted by Gasteiger charge is -2.31. The van der Waals surface area contributed by atoms with Crippen LogP contribution in [0.15, 0.2) is 0 Å². The zero-order chi connectivity index (χ0) is 13.8. The molecule has 0 spiro atoms. The summed E-state index contributed by atoms with van der Waals surface area (Å²) in [6, 6.07) is 0. The van der Waals surface area contributed by atoms with Gasteiger partial charge in [-0.1, -0.05) is 58.3 Å². The third-order valence-corrected chi connectivity index (χ3v) is 4.45. The van der Waals surface area contributed by atoms with Crippen LogP contribution >= 0.6 is 0 Å². The predicted molar refractivity (Wildman–Crippen MR) is 83.7 cm³/mol. The summed E-state index contributed by atoms with van der Waals surface area (Å²) >= 11 is 0. The van der Waals surface area contributed by atoms with Gasteiger partial charge in [-0.05, 0) is 25.8 Å². The molecule has 0 N–H and O–H groups in total. The smallest absolute Gasteiger partial charge is 0.0595 e. The average molecular weight is 269 g/mol. The molecule has 0 atom stereocenters. The van der Waals surface area contributed by atoms with Crippen LogP contribution in [0.2, 0.25) is 0 Å². The first kappa shape index (κ1) is 17.0. The van der Waals surface area contributed by atoms with Gasteiger partial charge in [-0.25, -0.2) is 0 Å². The van der Waals surface area contributed by atoms with Gasteiger partial charge in [0.15, 0.2) is 0 Å². The molecule has 0 unspecified atom stereocenters. The molecule has 114 valence electrons. The van der Waals surface area contributed by atoms with E-state index in [9.17, 15) is 0 Å². The maximum atomic E-state index is 5.41. The van der Waals surface area contributed by atoms with Crippen LogP contribution in [0.1, 0.15) is 77.6 Å². The van der Waals surface area contributed by atoms with E-state index in [0.29, 0.717) is 6.10 Å². The molecule has 2 heteroatoms. The van der Waals surface area contributed by atoms with Gasteiger partial charge in [0.1, 0.15) is 0 Å². The maximum Gasteiger partial charge on any atom is 0.0595 e. The van der Waals surface area contributed by atoms with E-state index in [1.165, 1.54) is 90.3 Å². The molecular formula is C17H35NO. The Hall–Kier alpha value is -0.0800. The average Bonchev–Trinajstić information content (AvgIpc) is 2.46. The lowest BCUT2D eigenvalue weighted by Crippen LogP contribution is -2.37. The summed E-state index contributed by atoms with van der Waals surface area (Å²) in [5.74, 6) is 0. The van der Waals surface area contributed by atoms with Crippen LogP contribution in [0.25, 0.3) is 0 Å². The van der Waals surface area contributed by atoms with E-state index in [1.54, 1.807) is 0 Å². The van der Waals surface area contributed by atoms with Gasteiger partial charge < -0.3 is 9.64 Å². The number of ether oxygens (including phenoxy) is 1. The van der Waals surface area contributed by atoms with E-state index in [-0.39, 0.29) is 0 Å². The number of rotatable bonds is 11. The molecular weight excluding hydrogens is 234 g/mol. The molecule has 0 amide bonds. The molecule has 1 saturated heterocycles. The lowest BCUT2D eigenvalue weighted by molar-refractivity contribution is 0.0407. The fraction of sp³-hybridized carbons (Fsp3) is 1.00. The van der Waals surface area contributed by atoms with E-state index in [2.05, 4.69) is 11.8 Å². The molecule has 1 aliphatic rings. The summed E-state index contributed by atoms with van der Waals surface area (Å²) < 4.78 is 5.41. The van der Waals surface area contributed by atoms with Crippen LogP contribution in [0.5, 0.6) is 0 Å². The van der Waals surface area contributed by atoms with Crippen LogP contribution < -0.4 is 0 Å². The van der Waals surface area contributed by atoms with Gasteiger partial charge in [0.25, 0.3) is 0 Å². The van der Waals surface area contributed by atoms with Crippen molar-refractivity contribution >= 4 is 0 Å². The predicted octanol–water partition coefficient (Wildman–Crippen LogP) is 4.63. The van der Waals surface area contributed by atoms with Crippen molar-refractivity contribution < 1.29 is 4.74 Å². The molecule has 0 aromatic rings. The highest BCUT2D eigenvalue weighted by Crippen LogP contribution is 2.14. The molecule has 0 bridgehead atoms. The lowest BCUT2D eigenvalue weighted by atomic mass is 10.1. The first-order chi connectivity index (χ1) is 9.36. The molecule has 1 rings (SSSR count). The Morgan fingerprint density at radius 1 is 0.842 bits per heavy atom. The van der Waals surface area contributed by atoms with Gasteiger partial charge in [-0.3, -0.25) is 0 Å². The van der Waals surface area contributed by atoms with E-state index in [1.807, 2.05) is 7.11 Å². The standard InChI is InChI=1S/C17H35NO/c1-3-4-5-6-7-8-9-10-11-14-18-15-12-17(19-2)13-16-18/h17H,3-16H2,1-2H3. The first-order valence-electron chi connectivity index (χ1n) is 8.62. The fourth-order valence-corrected chi connectivity index (χ4v) is 3.01. The van der Waals surface area contributed by atoms with E-state index < -0.39 is 0 Å². The Labute approximate surface area is 120 Å². The molecule has 1 fully saturated rings. The molecule has 0 aliphatic carbocycles. The number of piperidine rings is 1. The Kier molecular flexibility index (Phi) is 10.5. The zero-order valence-electron chi connectivity index (χ0n) is 13.3. The summed E-state index contributed by atoms with van der Waals surface area (Å²) in [7, 11) is 1.85. The van der Waals surface area contributed by atoms with Gasteiger partial charge in [0.2, 0.25) is 0 Å². The van der Waals surface area contributed by atoms with Crippen molar-refractivity contribution in [2.24, 2.45) is 0 Å². The van der Waals surface area contributed by atoms with Gasteiger partial charge in [-0.15, -0.1) is 0 Å². The highest BCUT2D eigenvalue weighted by atomic mass is 16.5. The largest absolute Gasteiger partial charge is 0.381 e. The summed E-state index contributed by atoms with van der Waals surface area (Å²) in [4.78, 5) is 2.62. The third-order valence-electron chi connectivity index (χ3n) is 4.45. The number of unbranched alkanes of at least 4 members (excludes halogenated alkanes) is 8. The van der Waals surface area contributed by atoms with E-state index in [0.717, 1.165) is 0 Å². The molecule has 1 aliphatic heterocycles. The molecule has 0 aromatic carbocycles. The first-order valence-corrected chi connectivity index (χ1v) is 8.62. The Morgan fingerprint density at radius 2 is 1.37 bits per heavy atom. The van der Waals surface area contributed by atoms with E-state index in [4.69, 9.17) is 4.74 Å². The Bertz CT molecular complexity index is 188. The third kappa shape index (κ3) is 8.65. The van der Waals surface area contributed by atoms with Crippen molar-refractivity contribution in [2.45, 2.75) is 83.7 Å². The monoisotopic (exact) mass is 269 g/mol. The number of hydrogen-bond donors (Lipinski definition) is 0. The van der Waals surface area contributed by atoms with Crippen LogP contribution in [0.4, 0.5) is 0 Å². The quantitative estimate of drug-likeness (QED) is 0.507. The molecule has 19 heavy (non-hydrogen) atoms. The second kappa shape index (κ2) is 11.7. The van der Waals surface area contributed by atoms with Crippen LogP contribution in [0, 0.1) is 0 Å². The summed E-state index contributed by atoms with van der Waals surface area (Å²) in [5.41, 5.74) is 0. The highest BCUT2D eigenvalue weighted by molar-refractivity contribution is 4.71. The minimum Gasteiger partial charge on any atom is -0.381 e. The van der Waals surface area contributed by atoms with Gasteiger partial charge in [-0.2, -0.15) is 0 Å². The van der Waals surface area contributed by atoms with Crippen molar-refractivity contribution in [3.05, 3.63) is 0 Å². The van der Waals surface area contributed by atoms with Crippen molar-refractivity contribution in [2.75, 3.05) is 26.7 Å². The van der Waals surface area contributed by atoms with E-state index >= 15 is 0 Å². The van der Waals surface area contributed by atoms with Crippen LogP contribution in [-0.4, -0.2) is 37.7 Å². The highest BCUT2D eigenvalue weighted by Gasteiger charge is 2.17. The van der Waals surface area contributed by atoms with Crippen molar-refractivity contribution in [3.63, 3.8) is 0 Å². The normalized spacial score (nSPS) is 18.0. The Balaban J connectivity index is 1.81. The number of hydrogen-bond acceptors (Lipinski definition) is 2.